The fourth-order valence-electron chi connectivity index (χ4n) is 3.53. The second-order valence-corrected chi connectivity index (χ2v) is 7.78. The van der Waals surface area contributed by atoms with Crippen LogP contribution in [0.3, 0.4) is 0 Å². The first-order chi connectivity index (χ1) is 12.5. The van der Waals surface area contributed by atoms with Gasteiger partial charge in [-0.1, -0.05) is 25.0 Å². The quantitative estimate of drug-likeness (QED) is 0.700. The largest absolute Gasteiger partial charge is 0.497 e. The molecule has 2 aromatic rings. The van der Waals surface area contributed by atoms with Gasteiger partial charge in [0, 0.05) is 12.6 Å². The fourth-order valence-corrected chi connectivity index (χ4v) is 4.30. The molecule has 0 saturated carbocycles. The van der Waals surface area contributed by atoms with Crippen LogP contribution in [0.25, 0.3) is 0 Å². The molecule has 1 fully saturated rings. The first-order valence-electron chi connectivity index (χ1n) is 9.21. The van der Waals surface area contributed by atoms with Crippen molar-refractivity contribution in [2.75, 3.05) is 13.7 Å². The third-order valence-corrected chi connectivity index (χ3v) is 5.76. The Hall–Kier alpha value is -1.82. The van der Waals surface area contributed by atoms with Gasteiger partial charge in [0.15, 0.2) is 0 Å². The Balaban J connectivity index is 1.92. The monoisotopic (exact) mass is 419 g/mol. The van der Waals surface area contributed by atoms with Crippen LogP contribution in [0.2, 0.25) is 0 Å². The third kappa shape index (κ3) is 3.80. The number of hydrogen-bond donors (Lipinski definition) is 0. The van der Waals surface area contributed by atoms with E-state index < -0.39 is 0 Å². The van der Waals surface area contributed by atoms with Gasteiger partial charge in [-0.15, -0.1) is 0 Å². The molecular weight excluding hydrogens is 394 g/mol. The number of hydrogen-bond acceptors (Lipinski definition) is 3. The van der Waals surface area contributed by atoms with Crippen molar-refractivity contribution >= 4 is 21.8 Å². The van der Waals surface area contributed by atoms with Crippen LogP contribution in [0.15, 0.2) is 35.1 Å². The van der Waals surface area contributed by atoms with E-state index in [4.69, 9.17) is 4.74 Å². The highest BCUT2D eigenvalue weighted by Crippen LogP contribution is 2.33. The molecule has 140 valence electrons. The van der Waals surface area contributed by atoms with E-state index in [1.807, 2.05) is 21.7 Å². The SMILES string of the molecule is COc1ccc(C2CCCCCN2C(=O)c2cnn(C(C)C)c2Br)cc1. The Morgan fingerprint density at radius 2 is 1.96 bits per heavy atom. The number of rotatable bonds is 4. The normalized spacial score (nSPS) is 18.0. The van der Waals surface area contributed by atoms with Crippen LogP contribution in [0, 0.1) is 0 Å². The predicted octanol–water partition coefficient (Wildman–Crippen LogP) is 4.99. The van der Waals surface area contributed by atoms with Crippen LogP contribution >= 0.6 is 15.9 Å². The molecule has 26 heavy (non-hydrogen) atoms. The molecule has 1 aliphatic rings. The lowest BCUT2D eigenvalue weighted by atomic mass is 10.00. The first-order valence-corrected chi connectivity index (χ1v) is 10.00. The van der Waals surface area contributed by atoms with Crippen molar-refractivity contribution in [3.63, 3.8) is 0 Å². The molecule has 1 saturated heterocycles. The van der Waals surface area contributed by atoms with Crippen LogP contribution in [-0.2, 0) is 0 Å². The van der Waals surface area contributed by atoms with Crippen molar-refractivity contribution in [3.8, 4) is 5.75 Å². The summed E-state index contributed by atoms with van der Waals surface area (Å²) in [6, 6.07) is 8.37. The lowest BCUT2D eigenvalue weighted by Gasteiger charge is -2.30. The average molecular weight is 420 g/mol. The van der Waals surface area contributed by atoms with E-state index in [1.54, 1.807) is 13.3 Å². The molecule has 0 N–H and O–H groups in total. The Labute approximate surface area is 163 Å². The predicted molar refractivity (Wildman–Crippen MR) is 106 cm³/mol. The van der Waals surface area contributed by atoms with E-state index in [1.165, 1.54) is 0 Å². The van der Waals surface area contributed by atoms with Crippen LogP contribution in [0.1, 0.15) is 67.5 Å². The molecule has 1 amide bonds. The number of methoxy groups -OCH3 is 1. The number of amides is 1. The minimum Gasteiger partial charge on any atom is -0.497 e. The molecule has 1 aliphatic heterocycles. The molecule has 5 nitrogen and oxygen atoms in total. The second-order valence-electron chi connectivity index (χ2n) is 7.02. The summed E-state index contributed by atoms with van der Waals surface area (Å²) in [4.78, 5) is 15.3. The topological polar surface area (TPSA) is 47.4 Å². The Bertz CT molecular complexity index is 755. The Morgan fingerprint density at radius 1 is 1.23 bits per heavy atom. The molecule has 3 rings (SSSR count). The summed E-state index contributed by atoms with van der Waals surface area (Å²) in [7, 11) is 1.67. The summed E-state index contributed by atoms with van der Waals surface area (Å²) in [6.45, 7) is 4.88. The highest BCUT2D eigenvalue weighted by Gasteiger charge is 2.30. The van der Waals surface area contributed by atoms with Crippen molar-refractivity contribution in [2.45, 2.75) is 51.6 Å². The first kappa shape index (κ1) is 19.0. The summed E-state index contributed by atoms with van der Waals surface area (Å²) in [5, 5.41) is 4.38. The van der Waals surface area contributed by atoms with Crippen molar-refractivity contribution in [2.24, 2.45) is 0 Å². The molecule has 1 atom stereocenters. The molecule has 1 aromatic carbocycles. The summed E-state index contributed by atoms with van der Waals surface area (Å²) in [6.07, 6.45) is 5.99. The van der Waals surface area contributed by atoms with Gasteiger partial charge in [-0.05, 0) is 60.3 Å². The van der Waals surface area contributed by atoms with Gasteiger partial charge in [-0.25, -0.2) is 0 Å². The molecule has 1 unspecified atom stereocenters. The van der Waals surface area contributed by atoms with Crippen LogP contribution in [0.4, 0.5) is 0 Å². The van der Waals surface area contributed by atoms with Crippen molar-refractivity contribution in [1.82, 2.24) is 14.7 Å². The zero-order valence-corrected chi connectivity index (χ0v) is 17.2. The highest BCUT2D eigenvalue weighted by molar-refractivity contribution is 9.10. The molecule has 0 spiro atoms. The van der Waals surface area contributed by atoms with Crippen molar-refractivity contribution in [1.29, 1.82) is 0 Å². The molecule has 0 radical (unpaired) electrons. The van der Waals surface area contributed by atoms with Gasteiger partial charge in [-0.3, -0.25) is 9.48 Å². The lowest BCUT2D eigenvalue weighted by molar-refractivity contribution is 0.0679. The van der Waals surface area contributed by atoms with Gasteiger partial charge in [-0.2, -0.15) is 5.10 Å². The molecule has 1 aromatic heterocycles. The maximum Gasteiger partial charge on any atom is 0.258 e. The number of aromatic nitrogens is 2. The molecule has 0 bridgehead atoms. The summed E-state index contributed by atoms with van der Waals surface area (Å²) >= 11 is 3.57. The second kappa shape index (κ2) is 8.25. The minimum absolute atomic E-state index is 0.0477. The van der Waals surface area contributed by atoms with E-state index >= 15 is 0 Å². The zero-order valence-electron chi connectivity index (χ0n) is 15.6. The Kier molecular flexibility index (Phi) is 6.01. The number of ether oxygens (including phenoxy) is 1. The van der Waals surface area contributed by atoms with Crippen molar-refractivity contribution < 1.29 is 9.53 Å². The number of likely N-dealkylation sites (tertiary alicyclic amines) is 1. The number of benzene rings is 1. The molecule has 6 heteroatoms. The van der Waals surface area contributed by atoms with Gasteiger partial charge < -0.3 is 9.64 Å². The average Bonchev–Trinajstić information content (AvgIpc) is 2.88. The summed E-state index contributed by atoms with van der Waals surface area (Å²) < 4.78 is 7.87. The maximum atomic E-state index is 13.3. The van der Waals surface area contributed by atoms with Gasteiger partial charge >= 0.3 is 0 Å². The van der Waals surface area contributed by atoms with E-state index in [-0.39, 0.29) is 18.0 Å². The van der Waals surface area contributed by atoms with Gasteiger partial charge in [0.05, 0.1) is 24.9 Å². The van der Waals surface area contributed by atoms with Crippen LogP contribution in [0.5, 0.6) is 5.75 Å². The van der Waals surface area contributed by atoms with Gasteiger partial charge in [0.1, 0.15) is 10.4 Å². The molecular formula is C20H26BrN3O2. The maximum absolute atomic E-state index is 13.3. The third-order valence-electron chi connectivity index (χ3n) is 4.97. The molecule has 0 aliphatic carbocycles. The standard InChI is InChI=1S/C20H26BrN3O2/c1-14(2)24-19(21)17(13-22-24)20(25)23-12-6-4-5-7-18(23)15-8-10-16(26-3)11-9-15/h8-11,13-14,18H,4-7,12H2,1-3H3. The number of halogens is 1. The number of nitrogens with zero attached hydrogens (tertiary/aromatic N) is 3. The highest BCUT2D eigenvalue weighted by atomic mass is 79.9. The van der Waals surface area contributed by atoms with E-state index in [9.17, 15) is 4.79 Å². The number of carbonyl (C=O) groups is 1. The number of carbonyl (C=O) groups excluding carboxylic acids is 1. The smallest absolute Gasteiger partial charge is 0.258 e. The van der Waals surface area contributed by atoms with E-state index in [0.29, 0.717) is 5.56 Å². The van der Waals surface area contributed by atoms with Gasteiger partial charge in [0.2, 0.25) is 0 Å². The van der Waals surface area contributed by atoms with E-state index in [0.717, 1.165) is 48.1 Å². The zero-order chi connectivity index (χ0) is 18.7. The fraction of sp³-hybridized carbons (Fsp3) is 0.500. The van der Waals surface area contributed by atoms with Crippen molar-refractivity contribution in [3.05, 3.63) is 46.2 Å². The van der Waals surface area contributed by atoms with Crippen LogP contribution in [-0.4, -0.2) is 34.2 Å². The molecule has 2 heterocycles. The summed E-state index contributed by atoms with van der Waals surface area (Å²) in [5.41, 5.74) is 1.80. The summed E-state index contributed by atoms with van der Waals surface area (Å²) in [5.74, 6) is 0.882. The Morgan fingerprint density at radius 3 is 2.58 bits per heavy atom. The van der Waals surface area contributed by atoms with Crippen LogP contribution < -0.4 is 4.74 Å². The lowest BCUT2D eigenvalue weighted by Crippen LogP contribution is -2.35. The van der Waals surface area contributed by atoms with Gasteiger partial charge in [0.25, 0.3) is 5.91 Å². The minimum atomic E-state index is 0.0477. The van der Waals surface area contributed by atoms with E-state index in [2.05, 4.69) is 47.0 Å².